The first-order chi connectivity index (χ1) is 11.6. The van der Waals surface area contributed by atoms with Crippen molar-refractivity contribution in [3.8, 4) is 17.0 Å². The molecule has 0 bridgehead atoms. The van der Waals surface area contributed by atoms with E-state index >= 15 is 0 Å². The lowest BCUT2D eigenvalue weighted by molar-refractivity contribution is 0.102. The van der Waals surface area contributed by atoms with E-state index < -0.39 is 0 Å². The fourth-order valence-electron chi connectivity index (χ4n) is 2.34. The maximum Gasteiger partial charge on any atom is 0.273 e. The van der Waals surface area contributed by atoms with Crippen LogP contribution in [0, 0.1) is 6.92 Å². The summed E-state index contributed by atoms with van der Waals surface area (Å²) in [5, 5.41) is 10.4. The SMILES string of the molecule is COc1ccc(C)cc1NC(=O)c1cc(-c2cccc(Cl)c2)n[nH]1. The van der Waals surface area contributed by atoms with Crippen molar-refractivity contribution in [1.29, 1.82) is 0 Å². The van der Waals surface area contributed by atoms with E-state index in [-0.39, 0.29) is 5.91 Å². The van der Waals surface area contributed by atoms with Crippen LogP contribution in [0.2, 0.25) is 5.02 Å². The van der Waals surface area contributed by atoms with Crippen LogP contribution in [0.15, 0.2) is 48.5 Å². The maximum absolute atomic E-state index is 12.4. The van der Waals surface area contributed by atoms with Crippen LogP contribution in [-0.4, -0.2) is 23.2 Å². The lowest BCUT2D eigenvalue weighted by Gasteiger charge is -2.10. The number of aromatic amines is 1. The lowest BCUT2D eigenvalue weighted by Crippen LogP contribution is -2.13. The van der Waals surface area contributed by atoms with Crippen molar-refractivity contribution in [2.24, 2.45) is 0 Å². The minimum atomic E-state index is -0.292. The molecule has 3 aromatic rings. The summed E-state index contributed by atoms with van der Waals surface area (Å²) in [5.41, 5.74) is 3.48. The van der Waals surface area contributed by atoms with E-state index in [1.165, 1.54) is 0 Å². The molecule has 0 aliphatic rings. The van der Waals surface area contributed by atoms with Crippen LogP contribution in [0.1, 0.15) is 16.1 Å². The Morgan fingerprint density at radius 1 is 1.21 bits per heavy atom. The molecule has 24 heavy (non-hydrogen) atoms. The number of methoxy groups -OCH3 is 1. The smallest absolute Gasteiger partial charge is 0.273 e. The van der Waals surface area contributed by atoms with Crippen LogP contribution in [0.25, 0.3) is 11.3 Å². The predicted octanol–water partition coefficient (Wildman–Crippen LogP) is 4.30. The van der Waals surface area contributed by atoms with Crippen LogP contribution in [0.5, 0.6) is 5.75 Å². The molecule has 0 saturated heterocycles. The van der Waals surface area contributed by atoms with Gasteiger partial charge in [0.05, 0.1) is 18.5 Å². The second-order valence-corrected chi connectivity index (χ2v) is 5.77. The number of carbonyl (C=O) groups excluding carboxylic acids is 1. The molecule has 0 aliphatic heterocycles. The summed E-state index contributed by atoms with van der Waals surface area (Å²) in [5.74, 6) is 0.309. The molecule has 6 heteroatoms. The Kier molecular flexibility index (Phi) is 4.53. The van der Waals surface area contributed by atoms with Gasteiger partial charge < -0.3 is 10.1 Å². The molecule has 2 N–H and O–H groups in total. The number of hydrogen-bond donors (Lipinski definition) is 2. The first kappa shape index (κ1) is 16.1. The topological polar surface area (TPSA) is 67.0 Å². The van der Waals surface area contributed by atoms with E-state index in [9.17, 15) is 4.79 Å². The Labute approximate surface area is 144 Å². The molecule has 122 valence electrons. The van der Waals surface area contributed by atoms with Gasteiger partial charge in [0.1, 0.15) is 11.4 Å². The second kappa shape index (κ2) is 6.76. The van der Waals surface area contributed by atoms with Crippen molar-refractivity contribution in [3.05, 3.63) is 64.8 Å². The highest BCUT2D eigenvalue weighted by atomic mass is 35.5. The molecule has 0 radical (unpaired) electrons. The van der Waals surface area contributed by atoms with Gasteiger partial charge in [0.25, 0.3) is 5.91 Å². The number of rotatable bonds is 4. The highest BCUT2D eigenvalue weighted by Crippen LogP contribution is 2.26. The molecular formula is C18H16ClN3O2. The van der Waals surface area contributed by atoms with Gasteiger partial charge in [-0.2, -0.15) is 5.10 Å². The van der Waals surface area contributed by atoms with Crippen molar-refractivity contribution in [3.63, 3.8) is 0 Å². The van der Waals surface area contributed by atoms with Gasteiger partial charge >= 0.3 is 0 Å². The summed E-state index contributed by atoms with van der Waals surface area (Å²) < 4.78 is 5.27. The fraction of sp³-hybridized carbons (Fsp3) is 0.111. The third-order valence-corrected chi connectivity index (χ3v) is 3.78. The van der Waals surface area contributed by atoms with Crippen LogP contribution >= 0.6 is 11.6 Å². The number of hydrogen-bond acceptors (Lipinski definition) is 3. The number of halogens is 1. The first-order valence-electron chi connectivity index (χ1n) is 7.34. The highest BCUT2D eigenvalue weighted by molar-refractivity contribution is 6.30. The van der Waals surface area contributed by atoms with Gasteiger partial charge in [-0.25, -0.2) is 0 Å². The normalized spacial score (nSPS) is 10.5. The summed E-state index contributed by atoms with van der Waals surface area (Å²) in [6.07, 6.45) is 0. The van der Waals surface area contributed by atoms with Gasteiger partial charge in [-0.15, -0.1) is 0 Å². The van der Waals surface area contributed by atoms with Crippen molar-refractivity contribution in [1.82, 2.24) is 10.2 Å². The van der Waals surface area contributed by atoms with Gasteiger partial charge in [-0.1, -0.05) is 29.8 Å². The monoisotopic (exact) mass is 341 g/mol. The molecule has 1 aromatic heterocycles. The molecule has 0 atom stereocenters. The summed E-state index contributed by atoms with van der Waals surface area (Å²) in [4.78, 5) is 12.4. The number of carbonyl (C=O) groups is 1. The molecule has 1 heterocycles. The molecule has 1 amide bonds. The molecule has 0 aliphatic carbocycles. The van der Waals surface area contributed by atoms with Crippen molar-refractivity contribution >= 4 is 23.2 Å². The van der Waals surface area contributed by atoms with Gasteiger partial charge in [0.2, 0.25) is 0 Å². The number of benzene rings is 2. The number of aryl methyl sites for hydroxylation is 1. The van der Waals surface area contributed by atoms with Gasteiger partial charge in [0, 0.05) is 10.6 Å². The fourth-order valence-corrected chi connectivity index (χ4v) is 2.53. The molecule has 0 fully saturated rings. The average Bonchev–Trinajstić information content (AvgIpc) is 3.05. The highest BCUT2D eigenvalue weighted by Gasteiger charge is 2.13. The minimum absolute atomic E-state index is 0.292. The minimum Gasteiger partial charge on any atom is -0.495 e. The van der Waals surface area contributed by atoms with Gasteiger partial charge in [0.15, 0.2) is 0 Å². The van der Waals surface area contributed by atoms with Crippen molar-refractivity contribution in [2.75, 3.05) is 12.4 Å². The van der Waals surface area contributed by atoms with Gasteiger partial charge in [-0.05, 0) is 42.8 Å². The molecule has 0 spiro atoms. The van der Waals surface area contributed by atoms with Crippen LogP contribution in [0.4, 0.5) is 5.69 Å². The maximum atomic E-state index is 12.4. The summed E-state index contributed by atoms with van der Waals surface area (Å²) in [6, 6.07) is 14.6. The molecule has 0 unspecified atom stereocenters. The Morgan fingerprint density at radius 3 is 2.79 bits per heavy atom. The van der Waals surface area contributed by atoms with E-state index in [2.05, 4.69) is 15.5 Å². The van der Waals surface area contributed by atoms with Crippen LogP contribution in [-0.2, 0) is 0 Å². The van der Waals surface area contributed by atoms with E-state index in [1.54, 1.807) is 25.3 Å². The Balaban J connectivity index is 1.83. The summed E-state index contributed by atoms with van der Waals surface area (Å²) in [6.45, 7) is 1.95. The first-order valence-corrected chi connectivity index (χ1v) is 7.72. The standard InChI is InChI=1S/C18H16ClN3O2/c1-11-6-7-17(24-2)15(8-11)20-18(23)16-10-14(21-22-16)12-4-3-5-13(19)9-12/h3-10H,1-2H3,(H,20,23)(H,21,22). The molecule has 3 rings (SSSR count). The zero-order valence-corrected chi connectivity index (χ0v) is 14.0. The van der Waals surface area contributed by atoms with Crippen molar-refractivity contribution < 1.29 is 9.53 Å². The Hall–Kier alpha value is -2.79. The number of amides is 1. The lowest BCUT2D eigenvalue weighted by atomic mass is 10.1. The number of anilines is 1. The number of nitrogens with zero attached hydrogens (tertiary/aromatic N) is 1. The van der Waals surface area contributed by atoms with E-state index in [0.717, 1.165) is 11.1 Å². The van der Waals surface area contributed by atoms with Crippen molar-refractivity contribution in [2.45, 2.75) is 6.92 Å². The predicted molar refractivity (Wildman–Crippen MR) is 94.7 cm³/mol. The molecular weight excluding hydrogens is 326 g/mol. The van der Waals surface area contributed by atoms with Gasteiger partial charge in [-0.3, -0.25) is 9.89 Å². The van der Waals surface area contributed by atoms with E-state index in [0.29, 0.717) is 27.8 Å². The zero-order chi connectivity index (χ0) is 17.1. The summed E-state index contributed by atoms with van der Waals surface area (Å²) >= 11 is 5.99. The van der Waals surface area contributed by atoms with E-state index in [1.807, 2.05) is 37.3 Å². The molecule has 5 nitrogen and oxygen atoms in total. The zero-order valence-electron chi connectivity index (χ0n) is 13.3. The van der Waals surface area contributed by atoms with E-state index in [4.69, 9.17) is 16.3 Å². The van der Waals surface area contributed by atoms with Crippen LogP contribution in [0.3, 0.4) is 0 Å². The number of H-pyrrole nitrogens is 1. The number of ether oxygens (including phenoxy) is 1. The average molecular weight is 342 g/mol. The van der Waals surface area contributed by atoms with Crippen LogP contribution < -0.4 is 10.1 Å². The second-order valence-electron chi connectivity index (χ2n) is 5.34. The third-order valence-electron chi connectivity index (χ3n) is 3.55. The number of nitrogens with one attached hydrogen (secondary N) is 2. The molecule has 0 saturated carbocycles. The Bertz CT molecular complexity index is 889. The quantitative estimate of drug-likeness (QED) is 0.743. The molecule has 2 aromatic carbocycles. The Morgan fingerprint density at radius 2 is 2.04 bits per heavy atom. The summed E-state index contributed by atoms with van der Waals surface area (Å²) in [7, 11) is 1.56. The number of aromatic nitrogens is 2. The largest absolute Gasteiger partial charge is 0.495 e. The third kappa shape index (κ3) is 3.41.